The third-order valence-corrected chi connectivity index (χ3v) is 13.5. The summed E-state index contributed by atoms with van der Waals surface area (Å²) in [5, 5.41) is 0. The number of hydrogen-bond donors (Lipinski definition) is 0. The topological polar surface area (TPSA) is 78.9 Å². The van der Waals surface area contributed by atoms with E-state index in [1.165, 1.54) is 193 Å². The Morgan fingerprint density at radius 3 is 0.859 bits per heavy atom. The summed E-state index contributed by atoms with van der Waals surface area (Å²) in [4.78, 5) is 38.2. The van der Waals surface area contributed by atoms with Crippen LogP contribution < -0.4 is 0 Å². The molecule has 0 spiro atoms. The van der Waals surface area contributed by atoms with E-state index in [0.29, 0.717) is 19.3 Å². The minimum absolute atomic E-state index is 0.0872. The first-order valence-electron chi connectivity index (χ1n) is 30.8. The molecule has 0 aliphatic carbocycles. The molecule has 0 N–H and O–H groups in total. The minimum Gasteiger partial charge on any atom is -0.462 e. The maximum Gasteiger partial charge on any atom is 0.306 e. The van der Waals surface area contributed by atoms with E-state index in [0.717, 1.165) is 77.0 Å². The SMILES string of the molecule is CC/C=C\C/C=C\C/C=C\C/C=C\C/C=C\CCCC(=O)OCC(COC(=O)CCCCCCCCCCCCCCCCCCCC)OC(=O)CCCCCCCCCCCCCCCCCCCC. The van der Waals surface area contributed by atoms with Crippen molar-refractivity contribution in [1.29, 1.82) is 0 Å². The van der Waals surface area contributed by atoms with Gasteiger partial charge in [0, 0.05) is 19.3 Å². The molecule has 1 unspecified atom stereocenters. The van der Waals surface area contributed by atoms with E-state index in [1.54, 1.807) is 0 Å². The van der Waals surface area contributed by atoms with Crippen LogP contribution in [0.3, 0.4) is 0 Å². The van der Waals surface area contributed by atoms with Crippen LogP contribution in [0.4, 0.5) is 0 Å². The number of allylic oxidation sites excluding steroid dienone is 10. The number of rotatable bonds is 56. The van der Waals surface area contributed by atoms with Gasteiger partial charge in [-0.25, -0.2) is 0 Å². The number of unbranched alkanes of at least 4 members (excludes halogenated alkanes) is 35. The lowest BCUT2D eigenvalue weighted by Crippen LogP contribution is -2.30. The van der Waals surface area contributed by atoms with Gasteiger partial charge in [-0.15, -0.1) is 0 Å². The Hall–Kier alpha value is -2.89. The van der Waals surface area contributed by atoms with Gasteiger partial charge in [-0.2, -0.15) is 0 Å². The Morgan fingerprint density at radius 2 is 0.549 bits per heavy atom. The molecule has 6 heteroatoms. The predicted molar refractivity (Wildman–Crippen MR) is 307 cm³/mol. The van der Waals surface area contributed by atoms with Gasteiger partial charge in [0.15, 0.2) is 6.10 Å². The Kier molecular flexibility index (Phi) is 57.2. The largest absolute Gasteiger partial charge is 0.462 e. The molecule has 0 saturated heterocycles. The first-order valence-corrected chi connectivity index (χ1v) is 30.8. The van der Waals surface area contributed by atoms with Crippen molar-refractivity contribution in [2.45, 2.75) is 322 Å². The summed E-state index contributed by atoms with van der Waals surface area (Å²) < 4.78 is 16.9. The fraction of sp³-hybridized carbons (Fsp3) is 0.800. The van der Waals surface area contributed by atoms with E-state index in [-0.39, 0.29) is 37.5 Å². The molecule has 412 valence electrons. The quantitative estimate of drug-likeness (QED) is 0.0261. The molecule has 0 radical (unpaired) electrons. The van der Waals surface area contributed by atoms with Crippen LogP contribution in [-0.4, -0.2) is 37.2 Å². The number of hydrogen-bond acceptors (Lipinski definition) is 6. The number of ether oxygens (including phenoxy) is 3. The molecule has 0 heterocycles. The Bertz CT molecular complexity index is 1280. The molecule has 0 amide bonds. The molecule has 1 atom stereocenters. The number of carbonyl (C=O) groups excluding carboxylic acids is 3. The summed E-state index contributed by atoms with van der Waals surface area (Å²) in [6.07, 6.45) is 75.1. The van der Waals surface area contributed by atoms with E-state index in [9.17, 15) is 14.4 Å². The average Bonchev–Trinajstić information content (AvgIpc) is 3.37. The first-order chi connectivity index (χ1) is 35.0. The van der Waals surface area contributed by atoms with Crippen molar-refractivity contribution < 1.29 is 28.6 Å². The third-order valence-electron chi connectivity index (χ3n) is 13.5. The summed E-state index contributed by atoms with van der Waals surface area (Å²) in [5.41, 5.74) is 0. The van der Waals surface area contributed by atoms with E-state index in [1.807, 2.05) is 0 Å². The summed E-state index contributed by atoms with van der Waals surface area (Å²) >= 11 is 0. The zero-order chi connectivity index (χ0) is 51.4. The Morgan fingerprint density at radius 1 is 0.296 bits per heavy atom. The maximum absolute atomic E-state index is 12.9. The fourth-order valence-electron chi connectivity index (χ4n) is 8.95. The normalized spacial score (nSPS) is 12.4. The molecule has 0 bridgehead atoms. The van der Waals surface area contributed by atoms with Crippen LogP contribution in [0.1, 0.15) is 316 Å². The summed E-state index contributed by atoms with van der Waals surface area (Å²) in [7, 11) is 0. The molecule has 0 fully saturated rings. The molecule has 0 rings (SSSR count). The van der Waals surface area contributed by atoms with Gasteiger partial charge in [-0.3, -0.25) is 14.4 Å². The van der Waals surface area contributed by atoms with Crippen LogP contribution in [0.2, 0.25) is 0 Å². The van der Waals surface area contributed by atoms with Crippen LogP contribution in [0.5, 0.6) is 0 Å². The first kappa shape index (κ1) is 68.1. The van der Waals surface area contributed by atoms with Crippen molar-refractivity contribution >= 4 is 17.9 Å². The van der Waals surface area contributed by atoms with Crippen LogP contribution in [0.15, 0.2) is 60.8 Å². The van der Waals surface area contributed by atoms with Crippen molar-refractivity contribution in [3.63, 3.8) is 0 Å². The van der Waals surface area contributed by atoms with Crippen molar-refractivity contribution in [1.82, 2.24) is 0 Å². The number of esters is 3. The van der Waals surface area contributed by atoms with Crippen LogP contribution in [0.25, 0.3) is 0 Å². The highest BCUT2D eigenvalue weighted by Crippen LogP contribution is 2.17. The van der Waals surface area contributed by atoms with Crippen LogP contribution in [0, 0.1) is 0 Å². The molecule has 0 aromatic heterocycles. The zero-order valence-electron chi connectivity index (χ0n) is 47.2. The molecule has 0 aromatic rings. The van der Waals surface area contributed by atoms with Crippen LogP contribution in [-0.2, 0) is 28.6 Å². The van der Waals surface area contributed by atoms with Gasteiger partial charge in [-0.1, -0.05) is 300 Å². The van der Waals surface area contributed by atoms with Crippen molar-refractivity contribution in [2.75, 3.05) is 13.2 Å². The second-order valence-corrected chi connectivity index (χ2v) is 20.6. The van der Waals surface area contributed by atoms with Gasteiger partial charge in [0.05, 0.1) is 0 Å². The summed E-state index contributed by atoms with van der Waals surface area (Å²) in [6.45, 7) is 6.53. The Balaban J connectivity index is 4.41. The van der Waals surface area contributed by atoms with Crippen LogP contribution >= 0.6 is 0 Å². The van der Waals surface area contributed by atoms with E-state index >= 15 is 0 Å². The molecule has 71 heavy (non-hydrogen) atoms. The van der Waals surface area contributed by atoms with Gasteiger partial charge < -0.3 is 14.2 Å². The third kappa shape index (κ3) is 57.9. The molecule has 6 nitrogen and oxygen atoms in total. The monoisotopic (exact) mass is 993 g/mol. The highest BCUT2D eigenvalue weighted by atomic mass is 16.6. The predicted octanol–water partition coefficient (Wildman–Crippen LogP) is 20.8. The van der Waals surface area contributed by atoms with Gasteiger partial charge >= 0.3 is 17.9 Å². The molecule has 0 aliphatic heterocycles. The van der Waals surface area contributed by atoms with E-state index in [4.69, 9.17) is 14.2 Å². The zero-order valence-corrected chi connectivity index (χ0v) is 47.2. The molecule has 0 aromatic carbocycles. The van der Waals surface area contributed by atoms with Gasteiger partial charge in [0.25, 0.3) is 0 Å². The second kappa shape index (κ2) is 59.7. The van der Waals surface area contributed by atoms with Gasteiger partial charge in [-0.05, 0) is 57.8 Å². The molecular formula is C65H116O6. The minimum atomic E-state index is -0.794. The highest BCUT2D eigenvalue weighted by Gasteiger charge is 2.19. The van der Waals surface area contributed by atoms with Crippen molar-refractivity contribution in [2.24, 2.45) is 0 Å². The fourth-order valence-corrected chi connectivity index (χ4v) is 8.95. The van der Waals surface area contributed by atoms with Gasteiger partial charge in [0.1, 0.15) is 13.2 Å². The lowest BCUT2D eigenvalue weighted by Gasteiger charge is -2.18. The second-order valence-electron chi connectivity index (χ2n) is 20.6. The average molecular weight is 994 g/mol. The Labute approximate surface area is 440 Å². The van der Waals surface area contributed by atoms with E-state index < -0.39 is 6.10 Å². The molecule has 0 aliphatic rings. The van der Waals surface area contributed by atoms with Gasteiger partial charge in [0.2, 0.25) is 0 Å². The summed E-state index contributed by atoms with van der Waals surface area (Å²) in [5.74, 6) is -0.929. The summed E-state index contributed by atoms with van der Waals surface area (Å²) in [6, 6.07) is 0. The number of carbonyl (C=O) groups is 3. The van der Waals surface area contributed by atoms with Crippen molar-refractivity contribution in [3.8, 4) is 0 Å². The smallest absolute Gasteiger partial charge is 0.306 e. The van der Waals surface area contributed by atoms with Crippen molar-refractivity contribution in [3.05, 3.63) is 60.8 Å². The lowest BCUT2D eigenvalue weighted by atomic mass is 10.0. The highest BCUT2D eigenvalue weighted by molar-refractivity contribution is 5.71. The molecule has 0 saturated carbocycles. The lowest BCUT2D eigenvalue weighted by molar-refractivity contribution is -0.167. The molecular weight excluding hydrogens is 877 g/mol. The van der Waals surface area contributed by atoms with E-state index in [2.05, 4.69) is 81.5 Å². The standard InChI is InChI=1S/C65H116O6/c1-4-7-10-13-16-19-22-25-28-31-34-37-40-43-46-49-52-55-58-64(67)70-61-62(60-69-63(66)57-54-51-48-45-42-39-36-33-30-27-24-21-18-15-12-9-6-3)71-65(68)59-56-53-50-47-44-41-38-35-32-29-26-23-20-17-14-11-8-5-2/h9,12,18,21,27,30,36,39,45,48,62H,4-8,10-11,13-17,19-20,22-26,28-29,31-35,37-38,40-44,46-47,49-61H2,1-3H3/b12-9-,21-18-,30-27-,39-36-,48-45-. The maximum atomic E-state index is 12.9.